The largest absolute Gasteiger partial charge is 0.480 e. The Morgan fingerprint density at radius 1 is 1.43 bits per heavy atom. The van der Waals surface area contributed by atoms with Gasteiger partial charge in [-0.1, -0.05) is 13.8 Å². The third kappa shape index (κ3) is 6.28. The fraction of sp³-hybridized carbons (Fsp3) is 0.778. The van der Waals surface area contributed by atoms with E-state index >= 15 is 0 Å². The standard InChI is InChI=1S/C9H18N2O3/c1-7(2)4-5-10-9(14)11(3)6-8(12)13/h7H,4-6H2,1-3H3,(H,10,14)(H,12,13). The quantitative estimate of drug-likeness (QED) is 0.691. The van der Waals surface area contributed by atoms with Crippen LogP contribution in [0.5, 0.6) is 0 Å². The number of amides is 2. The predicted octanol–water partition coefficient (Wildman–Crippen LogP) is 0.758. The zero-order chi connectivity index (χ0) is 11.1. The van der Waals surface area contributed by atoms with Gasteiger partial charge in [0.2, 0.25) is 0 Å². The van der Waals surface area contributed by atoms with Crippen molar-refractivity contribution in [1.29, 1.82) is 0 Å². The van der Waals surface area contributed by atoms with Crippen LogP contribution >= 0.6 is 0 Å². The van der Waals surface area contributed by atoms with Gasteiger partial charge in [0.05, 0.1) is 0 Å². The van der Waals surface area contributed by atoms with Crippen LogP contribution in [0.15, 0.2) is 0 Å². The molecule has 0 aliphatic heterocycles. The Hall–Kier alpha value is -1.26. The molecule has 14 heavy (non-hydrogen) atoms. The van der Waals surface area contributed by atoms with Crippen molar-refractivity contribution >= 4 is 12.0 Å². The van der Waals surface area contributed by atoms with E-state index in [1.54, 1.807) is 0 Å². The highest BCUT2D eigenvalue weighted by Gasteiger charge is 2.10. The molecule has 5 heteroatoms. The van der Waals surface area contributed by atoms with Gasteiger partial charge >= 0.3 is 12.0 Å². The van der Waals surface area contributed by atoms with Gasteiger partial charge in [0.15, 0.2) is 0 Å². The third-order valence-electron chi connectivity index (χ3n) is 1.72. The van der Waals surface area contributed by atoms with Crippen LogP contribution in [-0.2, 0) is 4.79 Å². The Morgan fingerprint density at radius 2 is 2.00 bits per heavy atom. The summed E-state index contributed by atoms with van der Waals surface area (Å²) in [4.78, 5) is 22.6. The first-order valence-corrected chi connectivity index (χ1v) is 4.64. The summed E-state index contributed by atoms with van der Waals surface area (Å²) < 4.78 is 0. The fourth-order valence-electron chi connectivity index (χ4n) is 0.877. The first-order chi connectivity index (χ1) is 6.43. The number of carbonyl (C=O) groups excluding carboxylic acids is 1. The smallest absolute Gasteiger partial charge is 0.323 e. The molecule has 0 fully saturated rings. The highest BCUT2D eigenvalue weighted by molar-refractivity contribution is 5.79. The van der Waals surface area contributed by atoms with Gasteiger partial charge in [-0.15, -0.1) is 0 Å². The number of hydrogen-bond donors (Lipinski definition) is 2. The van der Waals surface area contributed by atoms with Crippen molar-refractivity contribution in [3.63, 3.8) is 0 Å². The second kappa shape index (κ2) is 6.23. The maximum Gasteiger partial charge on any atom is 0.323 e. The number of aliphatic carboxylic acids is 1. The number of rotatable bonds is 5. The second-order valence-corrected chi connectivity index (χ2v) is 3.66. The van der Waals surface area contributed by atoms with Gasteiger partial charge in [-0.05, 0) is 12.3 Å². The average Bonchev–Trinajstić information content (AvgIpc) is 2.01. The molecule has 0 atom stereocenters. The van der Waals surface area contributed by atoms with Crippen molar-refractivity contribution in [2.75, 3.05) is 20.1 Å². The maximum absolute atomic E-state index is 11.2. The van der Waals surface area contributed by atoms with E-state index in [2.05, 4.69) is 19.2 Å². The molecule has 82 valence electrons. The molecule has 2 amide bonds. The average molecular weight is 202 g/mol. The van der Waals surface area contributed by atoms with E-state index in [4.69, 9.17) is 5.11 Å². The maximum atomic E-state index is 11.2. The van der Waals surface area contributed by atoms with Crippen LogP contribution < -0.4 is 5.32 Å². The van der Waals surface area contributed by atoms with Crippen LogP contribution in [0.2, 0.25) is 0 Å². The summed E-state index contributed by atoms with van der Waals surface area (Å²) in [6.07, 6.45) is 0.895. The summed E-state index contributed by atoms with van der Waals surface area (Å²) in [7, 11) is 1.46. The van der Waals surface area contributed by atoms with E-state index < -0.39 is 5.97 Å². The van der Waals surface area contributed by atoms with Crippen LogP contribution in [-0.4, -0.2) is 42.1 Å². The molecule has 0 unspecified atom stereocenters. The zero-order valence-corrected chi connectivity index (χ0v) is 8.91. The Kier molecular flexibility index (Phi) is 5.67. The monoisotopic (exact) mass is 202 g/mol. The molecule has 0 radical (unpaired) electrons. The Balaban J connectivity index is 3.67. The third-order valence-corrected chi connectivity index (χ3v) is 1.72. The first kappa shape index (κ1) is 12.7. The van der Waals surface area contributed by atoms with Crippen molar-refractivity contribution in [3.8, 4) is 0 Å². The molecule has 2 N–H and O–H groups in total. The molecule has 0 aromatic heterocycles. The Labute approximate surface area is 84.1 Å². The number of urea groups is 1. The molecule has 0 saturated carbocycles. The lowest BCUT2D eigenvalue weighted by molar-refractivity contribution is -0.137. The summed E-state index contributed by atoms with van der Waals surface area (Å²) >= 11 is 0. The van der Waals surface area contributed by atoms with Gasteiger partial charge < -0.3 is 15.3 Å². The molecular formula is C9H18N2O3. The summed E-state index contributed by atoms with van der Waals surface area (Å²) in [5.74, 6) is -0.480. The first-order valence-electron chi connectivity index (χ1n) is 4.64. The number of carbonyl (C=O) groups is 2. The highest BCUT2D eigenvalue weighted by Crippen LogP contribution is 1.96. The van der Waals surface area contributed by atoms with Gasteiger partial charge in [0, 0.05) is 13.6 Å². The van der Waals surface area contributed by atoms with Crippen LogP contribution in [0.1, 0.15) is 20.3 Å². The van der Waals surface area contributed by atoms with Crippen molar-refractivity contribution in [2.24, 2.45) is 5.92 Å². The molecule has 0 spiro atoms. The summed E-state index contributed by atoms with van der Waals surface area (Å²) in [5.41, 5.74) is 0. The number of carboxylic acid groups (broad SMARTS) is 1. The fourth-order valence-corrected chi connectivity index (χ4v) is 0.877. The molecule has 5 nitrogen and oxygen atoms in total. The van der Waals surface area contributed by atoms with Crippen LogP contribution in [0.3, 0.4) is 0 Å². The Morgan fingerprint density at radius 3 is 2.43 bits per heavy atom. The van der Waals surface area contributed by atoms with Gasteiger partial charge in [-0.25, -0.2) is 4.79 Å². The van der Waals surface area contributed by atoms with Crippen molar-refractivity contribution in [2.45, 2.75) is 20.3 Å². The molecule has 0 saturated heterocycles. The summed E-state index contributed by atoms with van der Waals surface area (Å²) in [5, 5.41) is 11.1. The predicted molar refractivity (Wildman–Crippen MR) is 53.1 cm³/mol. The van der Waals surface area contributed by atoms with Crippen LogP contribution in [0.4, 0.5) is 4.79 Å². The lowest BCUT2D eigenvalue weighted by Crippen LogP contribution is -2.40. The second-order valence-electron chi connectivity index (χ2n) is 3.66. The minimum absolute atomic E-state index is 0.270. The van der Waals surface area contributed by atoms with E-state index in [9.17, 15) is 9.59 Å². The lowest BCUT2D eigenvalue weighted by atomic mass is 10.1. The minimum atomic E-state index is -1.01. The number of nitrogens with one attached hydrogen (secondary N) is 1. The normalized spacial score (nSPS) is 10.0. The number of likely N-dealkylation sites (N-methyl/N-ethyl adjacent to an activating group) is 1. The number of carboxylic acids is 1. The van der Waals surface area contributed by atoms with Crippen molar-refractivity contribution in [3.05, 3.63) is 0 Å². The van der Waals surface area contributed by atoms with E-state index in [0.717, 1.165) is 11.3 Å². The molecule has 0 aliphatic rings. The van der Waals surface area contributed by atoms with Gasteiger partial charge in [-0.2, -0.15) is 0 Å². The Bertz CT molecular complexity index is 204. The molecular weight excluding hydrogens is 184 g/mol. The summed E-state index contributed by atoms with van der Waals surface area (Å²) in [6, 6.07) is -0.340. The minimum Gasteiger partial charge on any atom is -0.480 e. The highest BCUT2D eigenvalue weighted by atomic mass is 16.4. The molecule has 0 heterocycles. The molecule has 0 aliphatic carbocycles. The van der Waals surface area contributed by atoms with Gasteiger partial charge in [-0.3, -0.25) is 4.79 Å². The number of hydrogen-bond acceptors (Lipinski definition) is 2. The van der Waals surface area contributed by atoms with E-state index in [1.165, 1.54) is 7.05 Å². The van der Waals surface area contributed by atoms with E-state index in [0.29, 0.717) is 12.5 Å². The molecule has 0 aromatic rings. The van der Waals surface area contributed by atoms with Crippen LogP contribution in [0, 0.1) is 5.92 Å². The van der Waals surface area contributed by atoms with Crippen molar-refractivity contribution < 1.29 is 14.7 Å². The lowest BCUT2D eigenvalue weighted by Gasteiger charge is -2.15. The van der Waals surface area contributed by atoms with Crippen LogP contribution in [0.25, 0.3) is 0 Å². The van der Waals surface area contributed by atoms with Crippen molar-refractivity contribution in [1.82, 2.24) is 10.2 Å². The SMILES string of the molecule is CC(C)CCNC(=O)N(C)CC(=O)O. The molecule has 0 rings (SSSR count). The van der Waals surface area contributed by atoms with Gasteiger partial charge in [0.1, 0.15) is 6.54 Å². The molecule has 0 bridgehead atoms. The zero-order valence-electron chi connectivity index (χ0n) is 8.91. The molecule has 0 aromatic carbocycles. The van der Waals surface area contributed by atoms with E-state index in [1.807, 2.05) is 0 Å². The number of nitrogens with zero attached hydrogens (tertiary/aromatic N) is 1. The topological polar surface area (TPSA) is 69.6 Å². The van der Waals surface area contributed by atoms with E-state index in [-0.39, 0.29) is 12.6 Å². The summed E-state index contributed by atoms with van der Waals surface area (Å²) in [6.45, 7) is 4.44. The van der Waals surface area contributed by atoms with Gasteiger partial charge in [0.25, 0.3) is 0 Å².